The van der Waals surface area contributed by atoms with Crippen LogP contribution in [0.2, 0.25) is 0 Å². The molecular weight excluding hydrogens is 358 g/mol. The highest BCUT2D eigenvalue weighted by atomic mass is 16.4. The fourth-order valence-corrected chi connectivity index (χ4v) is 2.77. The van der Waals surface area contributed by atoms with E-state index in [0.29, 0.717) is 6.54 Å². The minimum Gasteiger partial charge on any atom is -0.480 e. The number of carbonyl (C=O) groups is 2. The van der Waals surface area contributed by atoms with Gasteiger partial charge in [-0.2, -0.15) is 0 Å². The molecule has 0 bridgehead atoms. The number of carboxylic acid groups (broad SMARTS) is 2. The lowest BCUT2D eigenvalue weighted by molar-refractivity contribution is -0.136. The lowest BCUT2D eigenvalue weighted by Crippen LogP contribution is -2.21. The first-order chi connectivity index (χ1) is 13.5. The molecule has 0 amide bonds. The fourth-order valence-electron chi connectivity index (χ4n) is 2.77. The van der Waals surface area contributed by atoms with E-state index in [1.54, 1.807) is 6.07 Å². The topological polar surface area (TPSA) is 115 Å². The average molecular weight is 377 g/mol. The first kappa shape index (κ1) is 19.1. The fraction of sp³-hybridized carbons (Fsp3) is 0.0952. The van der Waals surface area contributed by atoms with Crippen LogP contribution in [0.5, 0.6) is 0 Å². The van der Waals surface area contributed by atoms with E-state index in [9.17, 15) is 9.59 Å². The number of aromatic carboxylic acids is 1. The van der Waals surface area contributed by atoms with E-state index in [-0.39, 0.29) is 12.1 Å². The largest absolute Gasteiger partial charge is 0.480 e. The number of H-pyrrole nitrogens is 1. The van der Waals surface area contributed by atoms with Gasteiger partial charge in [0.25, 0.3) is 0 Å². The summed E-state index contributed by atoms with van der Waals surface area (Å²) in [6, 6.07) is 17.0. The number of hydrogen-bond acceptors (Lipinski definition) is 4. The van der Waals surface area contributed by atoms with Crippen LogP contribution < -0.4 is 5.32 Å². The van der Waals surface area contributed by atoms with Gasteiger partial charge >= 0.3 is 11.9 Å². The van der Waals surface area contributed by atoms with Gasteiger partial charge in [0.15, 0.2) is 0 Å². The minimum absolute atomic E-state index is 0.0144. The second kappa shape index (κ2) is 8.79. The number of aromatic nitrogens is 2. The van der Waals surface area contributed by atoms with Crippen molar-refractivity contribution in [3.05, 3.63) is 78.1 Å². The van der Waals surface area contributed by atoms with E-state index < -0.39 is 11.9 Å². The summed E-state index contributed by atoms with van der Waals surface area (Å²) in [5.74, 6) is -1.78. The summed E-state index contributed by atoms with van der Waals surface area (Å²) in [5.41, 5.74) is 3.20. The van der Waals surface area contributed by atoms with Gasteiger partial charge in [-0.05, 0) is 23.8 Å². The van der Waals surface area contributed by atoms with Crippen molar-refractivity contribution >= 4 is 33.7 Å². The molecule has 2 aromatic carbocycles. The number of nitrogens with zero attached hydrogens (tertiary/aromatic N) is 1. The molecule has 0 aliphatic rings. The first-order valence-electron chi connectivity index (χ1n) is 8.60. The van der Waals surface area contributed by atoms with Crippen LogP contribution in [0.4, 0.5) is 0 Å². The molecule has 4 aromatic rings. The molecule has 0 aliphatic heterocycles. The Labute approximate surface area is 160 Å². The summed E-state index contributed by atoms with van der Waals surface area (Å²) in [6.07, 6.45) is 3.27. The Morgan fingerprint density at radius 2 is 1.79 bits per heavy atom. The molecular formula is C21H19N3O4. The first-order valence-corrected chi connectivity index (χ1v) is 8.60. The number of nitrogens with one attached hydrogen (secondary N) is 2. The third-order valence-electron chi connectivity index (χ3n) is 4.10. The van der Waals surface area contributed by atoms with Crippen molar-refractivity contribution < 1.29 is 19.8 Å². The van der Waals surface area contributed by atoms with Gasteiger partial charge < -0.3 is 20.5 Å². The molecule has 142 valence electrons. The zero-order valence-corrected chi connectivity index (χ0v) is 14.9. The van der Waals surface area contributed by atoms with Crippen LogP contribution in [0.25, 0.3) is 21.8 Å². The summed E-state index contributed by atoms with van der Waals surface area (Å²) in [4.78, 5) is 28.1. The smallest absolute Gasteiger partial charge is 0.337 e. The van der Waals surface area contributed by atoms with Gasteiger partial charge in [-0.1, -0.05) is 36.4 Å². The summed E-state index contributed by atoms with van der Waals surface area (Å²) in [6.45, 7) is 0.551. The monoisotopic (exact) mass is 377 g/mol. The number of rotatable bonds is 5. The lowest BCUT2D eigenvalue weighted by atomic mass is 10.2. The number of aromatic amines is 1. The Kier molecular flexibility index (Phi) is 5.98. The van der Waals surface area contributed by atoms with Crippen molar-refractivity contribution in [2.24, 2.45) is 0 Å². The quantitative estimate of drug-likeness (QED) is 0.424. The van der Waals surface area contributed by atoms with Crippen LogP contribution >= 0.6 is 0 Å². The lowest BCUT2D eigenvalue weighted by Gasteiger charge is -1.99. The summed E-state index contributed by atoms with van der Waals surface area (Å²) in [7, 11) is 0. The van der Waals surface area contributed by atoms with Gasteiger partial charge in [-0.3, -0.25) is 9.78 Å². The third kappa shape index (κ3) is 4.72. The van der Waals surface area contributed by atoms with Crippen molar-refractivity contribution in [2.75, 3.05) is 6.54 Å². The highest BCUT2D eigenvalue weighted by molar-refractivity contribution is 5.92. The maximum Gasteiger partial charge on any atom is 0.337 e. The molecule has 28 heavy (non-hydrogen) atoms. The average Bonchev–Trinajstić information content (AvgIpc) is 3.11. The zero-order valence-electron chi connectivity index (χ0n) is 14.9. The van der Waals surface area contributed by atoms with Crippen molar-refractivity contribution in [3.8, 4) is 0 Å². The van der Waals surface area contributed by atoms with Gasteiger partial charge in [0.05, 0.1) is 17.6 Å². The highest BCUT2D eigenvalue weighted by Gasteiger charge is 2.04. The molecule has 0 unspecified atom stereocenters. The van der Waals surface area contributed by atoms with Crippen LogP contribution in [-0.4, -0.2) is 38.7 Å². The van der Waals surface area contributed by atoms with Gasteiger partial charge in [-0.25, -0.2) is 4.79 Å². The SMILES string of the molecule is O=C(O)CNCc1c[nH]c2ccccc12.O=C(O)c1cnc2ccccc2c1. The Bertz CT molecular complexity index is 1120. The maximum absolute atomic E-state index is 10.6. The van der Waals surface area contributed by atoms with E-state index in [2.05, 4.69) is 15.3 Å². The summed E-state index contributed by atoms with van der Waals surface area (Å²) < 4.78 is 0. The number of benzene rings is 2. The number of carboxylic acids is 2. The molecule has 0 radical (unpaired) electrons. The Morgan fingerprint density at radius 3 is 2.57 bits per heavy atom. The van der Waals surface area contributed by atoms with Crippen LogP contribution in [0, 0.1) is 0 Å². The van der Waals surface area contributed by atoms with Gasteiger partial charge in [0, 0.05) is 35.2 Å². The molecule has 2 aromatic heterocycles. The summed E-state index contributed by atoms with van der Waals surface area (Å²) in [5, 5.41) is 22.0. The standard InChI is InChI=1S/C11H12N2O2.C10H7NO2/c14-11(15)7-12-5-8-6-13-10-4-2-1-3-9(8)10;12-10(13)8-5-7-3-1-2-4-9(7)11-6-8/h1-4,6,12-13H,5,7H2,(H,14,15);1-6H,(H,12,13). The number of fused-ring (bicyclic) bond motifs is 2. The van der Waals surface area contributed by atoms with E-state index >= 15 is 0 Å². The van der Waals surface area contributed by atoms with Crippen LogP contribution in [0.1, 0.15) is 15.9 Å². The van der Waals surface area contributed by atoms with Crippen LogP contribution in [0.15, 0.2) is 67.0 Å². The highest BCUT2D eigenvalue weighted by Crippen LogP contribution is 2.17. The Morgan fingerprint density at radius 1 is 1.04 bits per heavy atom. The van der Waals surface area contributed by atoms with E-state index in [4.69, 9.17) is 10.2 Å². The Hall–Kier alpha value is -3.71. The number of aliphatic carboxylic acids is 1. The molecule has 7 nitrogen and oxygen atoms in total. The molecule has 4 N–H and O–H groups in total. The van der Waals surface area contributed by atoms with Gasteiger partial charge in [0.2, 0.25) is 0 Å². The van der Waals surface area contributed by atoms with Gasteiger partial charge in [-0.15, -0.1) is 0 Å². The number of hydrogen-bond donors (Lipinski definition) is 4. The van der Waals surface area contributed by atoms with Gasteiger partial charge in [0.1, 0.15) is 0 Å². The molecule has 4 rings (SSSR count). The number of pyridine rings is 1. The van der Waals surface area contributed by atoms with Crippen molar-refractivity contribution in [1.29, 1.82) is 0 Å². The van der Waals surface area contributed by atoms with Crippen molar-refractivity contribution in [1.82, 2.24) is 15.3 Å². The predicted molar refractivity (Wildman–Crippen MR) is 106 cm³/mol. The zero-order chi connectivity index (χ0) is 19.9. The second-order valence-electron chi connectivity index (χ2n) is 6.08. The second-order valence-corrected chi connectivity index (χ2v) is 6.08. The maximum atomic E-state index is 10.6. The molecule has 0 spiro atoms. The molecule has 0 saturated heterocycles. The molecule has 0 aliphatic carbocycles. The van der Waals surface area contributed by atoms with Crippen LogP contribution in [0.3, 0.4) is 0 Å². The third-order valence-corrected chi connectivity index (χ3v) is 4.10. The molecule has 0 fully saturated rings. The predicted octanol–water partition coefficient (Wildman–Crippen LogP) is 3.28. The molecule has 0 atom stereocenters. The van der Waals surface area contributed by atoms with Crippen LogP contribution in [-0.2, 0) is 11.3 Å². The normalized spacial score (nSPS) is 10.4. The molecule has 7 heteroatoms. The van der Waals surface area contributed by atoms with Crippen molar-refractivity contribution in [3.63, 3.8) is 0 Å². The Balaban J connectivity index is 0.000000162. The minimum atomic E-state index is -0.946. The number of para-hydroxylation sites is 2. The summed E-state index contributed by atoms with van der Waals surface area (Å²) >= 11 is 0. The van der Waals surface area contributed by atoms with E-state index in [0.717, 1.165) is 27.4 Å². The van der Waals surface area contributed by atoms with Crippen molar-refractivity contribution in [2.45, 2.75) is 6.54 Å². The molecule has 2 heterocycles. The molecule has 0 saturated carbocycles. The van der Waals surface area contributed by atoms with E-state index in [1.807, 2.05) is 54.7 Å². The van der Waals surface area contributed by atoms with E-state index in [1.165, 1.54) is 6.20 Å².